The van der Waals surface area contributed by atoms with E-state index in [0.29, 0.717) is 19.5 Å². The van der Waals surface area contributed by atoms with Crippen LogP contribution >= 0.6 is 0 Å². The molecule has 0 aromatic heterocycles. The summed E-state index contributed by atoms with van der Waals surface area (Å²) in [6.45, 7) is 1.35. The minimum atomic E-state index is -0.408. The van der Waals surface area contributed by atoms with E-state index in [1.165, 1.54) is 7.11 Å². The molecule has 23 heavy (non-hydrogen) atoms. The quantitative estimate of drug-likeness (QED) is 0.901. The number of carbonyl (C=O) groups excluding carboxylic acids is 2. The van der Waals surface area contributed by atoms with Gasteiger partial charge in [0.15, 0.2) is 0 Å². The normalized spacial score (nSPS) is 15.1. The molecule has 0 spiro atoms. The molecule has 0 saturated carbocycles. The highest BCUT2D eigenvalue weighted by molar-refractivity contribution is 5.76. The number of benzene rings is 1. The minimum absolute atomic E-state index is 0.0908. The first kappa shape index (κ1) is 17.1. The molecule has 2 rings (SSSR count). The van der Waals surface area contributed by atoms with Crippen LogP contribution in [-0.4, -0.2) is 50.3 Å². The summed E-state index contributed by atoms with van der Waals surface area (Å²) in [5, 5.41) is 2.79. The van der Waals surface area contributed by atoms with Crippen LogP contribution in [0, 0.1) is 0 Å². The molecule has 0 radical (unpaired) electrons. The van der Waals surface area contributed by atoms with Gasteiger partial charge >= 0.3 is 6.09 Å². The number of hydrogen-bond acceptors (Lipinski definition) is 4. The third kappa shape index (κ3) is 5.16. The predicted molar refractivity (Wildman–Crippen MR) is 86.5 cm³/mol. The Morgan fingerprint density at radius 1 is 1.17 bits per heavy atom. The highest BCUT2D eigenvalue weighted by Crippen LogP contribution is 2.15. The van der Waals surface area contributed by atoms with Crippen molar-refractivity contribution in [2.75, 3.05) is 27.3 Å². The number of amides is 2. The van der Waals surface area contributed by atoms with E-state index in [-0.39, 0.29) is 11.9 Å². The zero-order valence-corrected chi connectivity index (χ0v) is 13.7. The number of likely N-dealkylation sites (tertiary alicyclic amines) is 1. The molecule has 1 aliphatic heterocycles. The number of carbonyl (C=O) groups is 2. The van der Waals surface area contributed by atoms with E-state index in [0.717, 1.165) is 30.6 Å². The molecule has 1 aliphatic rings. The Bertz CT molecular complexity index is 522. The molecule has 0 atom stereocenters. The van der Waals surface area contributed by atoms with E-state index < -0.39 is 6.09 Å². The third-order valence-corrected chi connectivity index (χ3v) is 4.14. The third-order valence-electron chi connectivity index (χ3n) is 4.14. The molecule has 0 aliphatic carbocycles. The van der Waals surface area contributed by atoms with Crippen LogP contribution in [0.15, 0.2) is 24.3 Å². The molecule has 1 aromatic carbocycles. The van der Waals surface area contributed by atoms with Gasteiger partial charge in [-0.05, 0) is 37.0 Å². The molecule has 1 saturated heterocycles. The van der Waals surface area contributed by atoms with E-state index in [2.05, 4.69) is 10.1 Å². The maximum Gasteiger partial charge on any atom is 0.407 e. The van der Waals surface area contributed by atoms with Crippen molar-refractivity contribution in [1.29, 1.82) is 0 Å². The molecule has 1 N–H and O–H groups in total. The van der Waals surface area contributed by atoms with Gasteiger partial charge in [-0.15, -0.1) is 0 Å². The molecular formula is C17H24N2O4. The lowest BCUT2D eigenvalue weighted by molar-refractivity contribution is -0.132. The largest absolute Gasteiger partial charge is 0.497 e. The zero-order valence-electron chi connectivity index (χ0n) is 13.7. The standard InChI is InChI=1S/C17H24N2O4/c1-22-15-6-3-13(4-7-15)5-8-16(20)19-11-9-14(10-12-19)18-17(21)23-2/h3-4,6-7,14H,5,8-12H2,1-2H3,(H,18,21). The smallest absolute Gasteiger partial charge is 0.407 e. The first-order chi connectivity index (χ1) is 11.1. The summed E-state index contributed by atoms with van der Waals surface area (Å²) in [5.41, 5.74) is 1.13. The van der Waals surface area contributed by atoms with Crippen molar-refractivity contribution < 1.29 is 19.1 Å². The second kappa shape index (κ2) is 8.41. The number of piperidine rings is 1. The van der Waals surface area contributed by atoms with Gasteiger partial charge < -0.3 is 19.7 Å². The number of nitrogens with one attached hydrogen (secondary N) is 1. The van der Waals surface area contributed by atoms with Crippen molar-refractivity contribution in [2.24, 2.45) is 0 Å². The van der Waals surface area contributed by atoms with Gasteiger partial charge in [0.25, 0.3) is 0 Å². The van der Waals surface area contributed by atoms with Crippen molar-refractivity contribution in [2.45, 2.75) is 31.7 Å². The highest BCUT2D eigenvalue weighted by Gasteiger charge is 2.23. The Hall–Kier alpha value is -2.24. The van der Waals surface area contributed by atoms with Crippen molar-refractivity contribution in [3.05, 3.63) is 29.8 Å². The van der Waals surface area contributed by atoms with Crippen LogP contribution in [0.25, 0.3) is 0 Å². The Kier molecular flexibility index (Phi) is 6.26. The second-order valence-electron chi connectivity index (χ2n) is 5.64. The molecular weight excluding hydrogens is 296 g/mol. The average molecular weight is 320 g/mol. The first-order valence-electron chi connectivity index (χ1n) is 7.87. The lowest BCUT2D eigenvalue weighted by Crippen LogP contribution is -2.46. The molecule has 6 heteroatoms. The fourth-order valence-corrected chi connectivity index (χ4v) is 2.70. The molecule has 6 nitrogen and oxygen atoms in total. The Labute approximate surface area is 136 Å². The molecule has 126 valence electrons. The van der Waals surface area contributed by atoms with Crippen LogP contribution in [0.3, 0.4) is 0 Å². The zero-order chi connectivity index (χ0) is 16.7. The van der Waals surface area contributed by atoms with Crippen molar-refractivity contribution in [3.63, 3.8) is 0 Å². The second-order valence-corrected chi connectivity index (χ2v) is 5.64. The summed E-state index contributed by atoms with van der Waals surface area (Å²) in [4.78, 5) is 25.3. The van der Waals surface area contributed by atoms with Gasteiger partial charge in [0, 0.05) is 25.6 Å². The van der Waals surface area contributed by atoms with E-state index in [9.17, 15) is 9.59 Å². The molecule has 1 aromatic rings. The molecule has 1 fully saturated rings. The van der Waals surface area contributed by atoms with Crippen LogP contribution in [0.4, 0.5) is 4.79 Å². The van der Waals surface area contributed by atoms with Gasteiger partial charge in [0.1, 0.15) is 5.75 Å². The Balaban J connectivity index is 1.73. The maximum atomic E-state index is 12.3. The van der Waals surface area contributed by atoms with Gasteiger partial charge in [-0.3, -0.25) is 4.79 Å². The topological polar surface area (TPSA) is 67.9 Å². The predicted octanol–water partition coefficient (Wildman–Crippen LogP) is 1.97. The number of aryl methyl sites for hydroxylation is 1. The number of rotatable bonds is 5. The van der Waals surface area contributed by atoms with E-state index in [1.54, 1.807) is 7.11 Å². The number of hydrogen-bond donors (Lipinski definition) is 1. The number of methoxy groups -OCH3 is 2. The van der Waals surface area contributed by atoms with Gasteiger partial charge in [-0.2, -0.15) is 0 Å². The van der Waals surface area contributed by atoms with Gasteiger partial charge in [0.2, 0.25) is 5.91 Å². The maximum absolute atomic E-state index is 12.3. The van der Waals surface area contributed by atoms with Crippen LogP contribution < -0.4 is 10.1 Å². The molecule has 0 bridgehead atoms. The lowest BCUT2D eigenvalue weighted by atomic mass is 10.0. The van der Waals surface area contributed by atoms with Crippen LogP contribution in [0.2, 0.25) is 0 Å². The van der Waals surface area contributed by atoms with Gasteiger partial charge in [-0.1, -0.05) is 12.1 Å². The van der Waals surface area contributed by atoms with Crippen molar-refractivity contribution >= 4 is 12.0 Å². The Morgan fingerprint density at radius 2 is 1.83 bits per heavy atom. The average Bonchev–Trinajstić information content (AvgIpc) is 2.60. The van der Waals surface area contributed by atoms with Gasteiger partial charge in [-0.25, -0.2) is 4.79 Å². The first-order valence-corrected chi connectivity index (χ1v) is 7.87. The summed E-state index contributed by atoms with van der Waals surface area (Å²) in [6.07, 6.45) is 2.35. The highest BCUT2D eigenvalue weighted by atomic mass is 16.5. The summed E-state index contributed by atoms with van der Waals surface area (Å²) < 4.78 is 9.71. The summed E-state index contributed by atoms with van der Waals surface area (Å²) in [7, 11) is 2.99. The molecule has 1 heterocycles. The van der Waals surface area contributed by atoms with Crippen molar-refractivity contribution in [3.8, 4) is 5.75 Å². The van der Waals surface area contributed by atoms with Crippen LogP contribution in [-0.2, 0) is 16.0 Å². The van der Waals surface area contributed by atoms with E-state index in [4.69, 9.17) is 4.74 Å². The molecule has 2 amide bonds. The minimum Gasteiger partial charge on any atom is -0.497 e. The van der Waals surface area contributed by atoms with Gasteiger partial charge in [0.05, 0.1) is 14.2 Å². The monoisotopic (exact) mass is 320 g/mol. The fraction of sp³-hybridized carbons (Fsp3) is 0.529. The van der Waals surface area contributed by atoms with Crippen LogP contribution in [0.1, 0.15) is 24.8 Å². The Morgan fingerprint density at radius 3 is 2.39 bits per heavy atom. The lowest BCUT2D eigenvalue weighted by Gasteiger charge is -2.32. The number of nitrogens with zero attached hydrogens (tertiary/aromatic N) is 1. The number of ether oxygens (including phenoxy) is 2. The fourth-order valence-electron chi connectivity index (χ4n) is 2.70. The molecule has 0 unspecified atom stereocenters. The summed E-state index contributed by atoms with van der Waals surface area (Å²) in [5.74, 6) is 0.984. The number of alkyl carbamates (subject to hydrolysis) is 1. The van der Waals surface area contributed by atoms with Crippen molar-refractivity contribution in [1.82, 2.24) is 10.2 Å². The summed E-state index contributed by atoms with van der Waals surface area (Å²) >= 11 is 0. The SMILES string of the molecule is COC(=O)NC1CCN(C(=O)CCc2ccc(OC)cc2)CC1. The van der Waals surface area contributed by atoms with E-state index in [1.807, 2.05) is 29.2 Å². The summed E-state index contributed by atoms with van der Waals surface area (Å²) in [6, 6.07) is 7.87. The van der Waals surface area contributed by atoms with Crippen LogP contribution in [0.5, 0.6) is 5.75 Å². The van der Waals surface area contributed by atoms with E-state index >= 15 is 0 Å².